The topological polar surface area (TPSA) is 18.5 Å². The number of aryl methyl sites for hydroxylation is 1. The molecule has 0 N–H and O–H groups in total. The molecule has 0 bridgehead atoms. The molecule has 0 atom stereocenters. The van der Waals surface area contributed by atoms with Gasteiger partial charge in [0.2, 0.25) is 0 Å². The average Bonchev–Trinajstić information content (AvgIpc) is 2.67. The number of fused-ring (bicyclic) bond motifs is 2. The van der Waals surface area contributed by atoms with Crippen molar-refractivity contribution in [1.82, 2.24) is 0 Å². The van der Waals surface area contributed by atoms with Crippen LogP contribution in [0, 0.1) is 0 Å². The third kappa shape index (κ3) is 3.00. The van der Waals surface area contributed by atoms with Gasteiger partial charge in [-0.15, -0.1) is 0 Å². The molecule has 2 heteroatoms. The molecule has 4 rings (SSSR count). The fraction of sp³-hybridized carbons (Fsp3) is 0.217. The summed E-state index contributed by atoms with van der Waals surface area (Å²) in [6.07, 6.45) is 5.43. The van der Waals surface area contributed by atoms with Crippen LogP contribution in [0.5, 0.6) is 11.5 Å². The highest BCUT2D eigenvalue weighted by Gasteiger charge is 2.17. The van der Waals surface area contributed by atoms with E-state index in [4.69, 9.17) is 9.47 Å². The summed E-state index contributed by atoms with van der Waals surface area (Å²) in [7, 11) is 3.39. The second-order valence-electron chi connectivity index (χ2n) is 6.49. The molecule has 2 nitrogen and oxygen atoms in total. The van der Waals surface area contributed by atoms with E-state index in [1.807, 2.05) is 0 Å². The third-order valence-corrected chi connectivity index (χ3v) is 4.97. The number of methoxy groups -OCH3 is 2. The van der Waals surface area contributed by atoms with E-state index in [2.05, 4.69) is 60.7 Å². The Kier molecular flexibility index (Phi) is 4.19. The summed E-state index contributed by atoms with van der Waals surface area (Å²) < 4.78 is 11.0. The van der Waals surface area contributed by atoms with Crippen molar-refractivity contribution in [3.63, 3.8) is 0 Å². The molecule has 0 radical (unpaired) electrons. The average molecular weight is 330 g/mol. The first-order chi connectivity index (χ1) is 12.3. The smallest absolute Gasteiger partial charge is 0.161 e. The van der Waals surface area contributed by atoms with Crippen LogP contribution in [0.15, 0.2) is 60.7 Å². The lowest BCUT2D eigenvalue weighted by Gasteiger charge is -2.21. The molecule has 126 valence electrons. The first-order valence-electron chi connectivity index (χ1n) is 8.70. The van der Waals surface area contributed by atoms with Crippen LogP contribution in [0.3, 0.4) is 0 Å². The standard InChI is InChI=1S/C23H22O2/c1-24-22-14-20-9-5-8-19(21(20)15-23(22)25-2)13-16-10-11-17-6-3-4-7-18(17)12-16/h3-4,6-8,10-12,14-15H,5,9,13H2,1-2H3. The van der Waals surface area contributed by atoms with Crippen LogP contribution in [0.4, 0.5) is 0 Å². The molecule has 3 aromatic carbocycles. The number of hydrogen-bond acceptors (Lipinski definition) is 2. The van der Waals surface area contributed by atoms with Crippen molar-refractivity contribution < 1.29 is 9.47 Å². The molecular formula is C23H22O2. The van der Waals surface area contributed by atoms with Gasteiger partial charge in [0, 0.05) is 0 Å². The monoisotopic (exact) mass is 330 g/mol. The molecule has 25 heavy (non-hydrogen) atoms. The molecule has 0 saturated heterocycles. The van der Waals surface area contributed by atoms with Gasteiger partial charge < -0.3 is 9.47 Å². The maximum absolute atomic E-state index is 5.51. The molecule has 0 fully saturated rings. The molecule has 3 aromatic rings. The zero-order valence-corrected chi connectivity index (χ0v) is 14.7. The summed E-state index contributed by atoms with van der Waals surface area (Å²) in [6.45, 7) is 0. The highest BCUT2D eigenvalue weighted by molar-refractivity contribution is 5.84. The Morgan fingerprint density at radius 2 is 1.60 bits per heavy atom. The molecule has 0 heterocycles. The van der Waals surface area contributed by atoms with E-state index >= 15 is 0 Å². The van der Waals surface area contributed by atoms with Gasteiger partial charge >= 0.3 is 0 Å². The fourth-order valence-corrected chi connectivity index (χ4v) is 3.67. The normalized spacial score (nSPS) is 13.3. The lowest BCUT2D eigenvalue weighted by Crippen LogP contribution is -2.04. The minimum absolute atomic E-state index is 0.799. The largest absolute Gasteiger partial charge is 0.493 e. The second kappa shape index (κ2) is 6.64. The van der Waals surface area contributed by atoms with Crippen molar-refractivity contribution in [3.8, 4) is 11.5 Å². The maximum atomic E-state index is 5.51. The molecule has 0 amide bonds. The van der Waals surface area contributed by atoms with Crippen molar-refractivity contribution in [2.75, 3.05) is 14.2 Å². The van der Waals surface area contributed by atoms with Gasteiger partial charge in [-0.05, 0) is 64.4 Å². The molecule has 0 unspecified atom stereocenters. The van der Waals surface area contributed by atoms with Gasteiger partial charge in [-0.1, -0.05) is 48.5 Å². The van der Waals surface area contributed by atoms with E-state index in [-0.39, 0.29) is 0 Å². The van der Waals surface area contributed by atoms with Gasteiger partial charge in [-0.25, -0.2) is 0 Å². The zero-order chi connectivity index (χ0) is 17.2. The SMILES string of the molecule is COc1cc2c(cc1OC)C(Cc1ccc3ccccc3c1)=CCC2. The van der Waals surface area contributed by atoms with Gasteiger partial charge in [-0.3, -0.25) is 0 Å². The van der Waals surface area contributed by atoms with Crippen LogP contribution >= 0.6 is 0 Å². The first-order valence-corrected chi connectivity index (χ1v) is 8.70. The third-order valence-electron chi connectivity index (χ3n) is 4.97. The van der Waals surface area contributed by atoms with Crippen molar-refractivity contribution in [2.24, 2.45) is 0 Å². The Morgan fingerprint density at radius 3 is 2.40 bits per heavy atom. The Balaban J connectivity index is 1.70. The van der Waals surface area contributed by atoms with Gasteiger partial charge in [-0.2, -0.15) is 0 Å². The number of ether oxygens (including phenoxy) is 2. The van der Waals surface area contributed by atoms with E-state index in [9.17, 15) is 0 Å². The van der Waals surface area contributed by atoms with Crippen LogP contribution in [-0.2, 0) is 12.8 Å². The van der Waals surface area contributed by atoms with Crippen molar-refractivity contribution in [2.45, 2.75) is 19.3 Å². The zero-order valence-electron chi connectivity index (χ0n) is 14.7. The van der Waals surface area contributed by atoms with Crippen LogP contribution in [-0.4, -0.2) is 14.2 Å². The van der Waals surface area contributed by atoms with E-state index in [0.717, 1.165) is 30.8 Å². The minimum Gasteiger partial charge on any atom is -0.493 e. The van der Waals surface area contributed by atoms with E-state index in [1.165, 1.54) is 33.0 Å². The molecule has 0 saturated carbocycles. The molecule has 1 aliphatic carbocycles. The lowest BCUT2D eigenvalue weighted by molar-refractivity contribution is 0.354. The summed E-state index contributed by atoms with van der Waals surface area (Å²) in [6, 6.07) is 19.5. The summed E-state index contributed by atoms with van der Waals surface area (Å²) in [5, 5.41) is 2.58. The number of rotatable bonds is 4. The lowest BCUT2D eigenvalue weighted by atomic mass is 9.86. The highest BCUT2D eigenvalue weighted by atomic mass is 16.5. The van der Waals surface area contributed by atoms with E-state index in [0.29, 0.717) is 0 Å². The summed E-state index contributed by atoms with van der Waals surface area (Å²) in [5.41, 5.74) is 5.35. The van der Waals surface area contributed by atoms with Crippen molar-refractivity contribution in [3.05, 3.63) is 77.4 Å². The van der Waals surface area contributed by atoms with Crippen LogP contribution in [0.25, 0.3) is 16.3 Å². The predicted molar refractivity (Wildman–Crippen MR) is 103 cm³/mol. The number of hydrogen-bond donors (Lipinski definition) is 0. The summed E-state index contributed by atoms with van der Waals surface area (Å²) in [4.78, 5) is 0. The molecule has 0 aromatic heterocycles. The predicted octanol–water partition coefficient (Wildman–Crippen LogP) is 5.43. The van der Waals surface area contributed by atoms with Gasteiger partial charge in [0.1, 0.15) is 0 Å². The molecule has 1 aliphatic rings. The highest BCUT2D eigenvalue weighted by Crippen LogP contribution is 2.37. The minimum atomic E-state index is 0.799. The van der Waals surface area contributed by atoms with E-state index < -0.39 is 0 Å². The Bertz CT molecular complexity index is 953. The van der Waals surface area contributed by atoms with Crippen molar-refractivity contribution in [1.29, 1.82) is 0 Å². The quantitative estimate of drug-likeness (QED) is 0.635. The van der Waals surface area contributed by atoms with E-state index in [1.54, 1.807) is 14.2 Å². The van der Waals surface area contributed by atoms with Crippen LogP contribution < -0.4 is 9.47 Å². The summed E-state index contributed by atoms with van der Waals surface area (Å²) in [5.74, 6) is 1.61. The second-order valence-corrected chi connectivity index (χ2v) is 6.49. The number of benzene rings is 3. The van der Waals surface area contributed by atoms with Gasteiger partial charge in [0.25, 0.3) is 0 Å². The fourth-order valence-electron chi connectivity index (χ4n) is 3.67. The molecule has 0 aliphatic heterocycles. The van der Waals surface area contributed by atoms with Crippen molar-refractivity contribution >= 4 is 16.3 Å². The molecular weight excluding hydrogens is 308 g/mol. The van der Waals surface area contributed by atoms with Gasteiger partial charge in [0.05, 0.1) is 14.2 Å². The Hall–Kier alpha value is -2.74. The summed E-state index contributed by atoms with van der Waals surface area (Å²) >= 11 is 0. The van der Waals surface area contributed by atoms with Crippen LogP contribution in [0.2, 0.25) is 0 Å². The Morgan fingerprint density at radius 1 is 0.840 bits per heavy atom. The van der Waals surface area contributed by atoms with Crippen LogP contribution in [0.1, 0.15) is 23.1 Å². The number of allylic oxidation sites excluding steroid dienone is 2. The maximum Gasteiger partial charge on any atom is 0.161 e. The van der Waals surface area contributed by atoms with Gasteiger partial charge in [0.15, 0.2) is 11.5 Å². The first kappa shape index (κ1) is 15.8. The Labute approximate surface area is 148 Å². The molecule has 0 spiro atoms.